The van der Waals surface area contributed by atoms with Crippen LogP contribution in [0.25, 0.3) is 11.5 Å². The first kappa shape index (κ1) is 18.9. The Morgan fingerprint density at radius 1 is 1.31 bits per heavy atom. The molecule has 0 bridgehead atoms. The normalized spacial score (nSPS) is 19.8. The number of nitrogens with zero attached hydrogens (tertiary/aromatic N) is 3. The van der Waals surface area contributed by atoms with Gasteiger partial charge in [0.1, 0.15) is 5.76 Å². The van der Waals surface area contributed by atoms with Crippen LogP contribution in [0.5, 0.6) is 0 Å². The minimum absolute atomic E-state index is 0.0684. The number of alkyl halides is 3. The number of rotatable bonds is 4. The summed E-state index contributed by atoms with van der Waals surface area (Å²) in [5.41, 5.74) is 0.289. The Morgan fingerprint density at radius 3 is 2.77 bits per heavy atom. The zero-order chi connectivity index (χ0) is 18.9. The predicted octanol–water partition coefficient (Wildman–Crippen LogP) is 2.78. The van der Waals surface area contributed by atoms with Crippen LogP contribution in [0.3, 0.4) is 0 Å². The molecule has 1 atom stereocenters. The summed E-state index contributed by atoms with van der Waals surface area (Å²) in [6, 6.07) is 5.05. The van der Waals surface area contributed by atoms with Crippen LogP contribution in [0.2, 0.25) is 0 Å². The summed E-state index contributed by atoms with van der Waals surface area (Å²) in [7, 11) is 1.98. The first-order valence-corrected chi connectivity index (χ1v) is 8.45. The molecule has 1 N–H and O–H groups in total. The highest BCUT2D eigenvalue weighted by Crippen LogP contribution is 2.32. The van der Waals surface area contributed by atoms with Gasteiger partial charge >= 0.3 is 6.18 Å². The zero-order valence-corrected chi connectivity index (χ0v) is 14.8. The van der Waals surface area contributed by atoms with E-state index in [0.717, 1.165) is 25.2 Å². The van der Waals surface area contributed by atoms with Crippen molar-refractivity contribution in [2.24, 2.45) is 0 Å². The van der Waals surface area contributed by atoms with Crippen LogP contribution in [0, 0.1) is 6.92 Å². The second kappa shape index (κ2) is 7.38. The largest absolute Gasteiger partial charge is 0.441 e. The summed E-state index contributed by atoms with van der Waals surface area (Å²) >= 11 is 0. The van der Waals surface area contributed by atoms with Gasteiger partial charge in [0, 0.05) is 37.8 Å². The Labute approximate surface area is 150 Å². The standard InChI is InChI=1S/C18H22F3N3O2/c1-12-16(10-24-7-6-23(2)15(9-24)11-25)22-17(26-12)13-4-3-5-14(8-13)18(19,20)21/h3-5,8,15,25H,6-7,9-11H2,1-2H3/t15-/m0/s1. The first-order chi connectivity index (χ1) is 12.3. The van der Waals surface area contributed by atoms with Gasteiger partial charge < -0.3 is 9.52 Å². The Kier molecular flexibility index (Phi) is 5.36. The van der Waals surface area contributed by atoms with Crippen molar-refractivity contribution >= 4 is 0 Å². The molecule has 0 unspecified atom stereocenters. The number of aliphatic hydroxyl groups is 1. The summed E-state index contributed by atoms with van der Waals surface area (Å²) in [5, 5.41) is 9.45. The molecule has 3 rings (SSSR count). The third-order valence-corrected chi connectivity index (χ3v) is 4.77. The molecule has 2 aromatic rings. The van der Waals surface area contributed by atoms with Gasteiger partial charge in [-0.25, -0.2) is 4.98 Å². The summed E-state index contributed by atoms with van der Waals surface area (Å²) < 4.78 is 44.3. The highest BCUT2D eigenvalue weighted by molar-refractivity contribution is 5.55. The molecule has 2 heterocycles. The third kappa shape index (κ3) is 4.08. The van der Waals surface area contributed by atoms with Gasteiger partial charge in [-0.2, -0.15) is 13.2 Å². The topological polar surface area (TPSA) is 52.7 Å². The Balaban J connectivity index is 1.78. The van der Waals surface area contributed by atoms with Crippen molar-refractivity contribution in [2.75, 3.05) is 33.3 Å². The van der Waals surface area contributed by atoms with Gasteiger partial charge in [-0.05, 0) is 32.2 Å². The summed E-state index contributed by atoms with van der Waals surface area (Å²) in [6.07, 6.45) is -4.40. The van der Waals surface area contributed by atoms with E-state index in [0.29, 0.717) is 30.1 Å². The fourth-order valence-corrected chi connectivity index (χ4v) is 3.09. The van der Waals surface area contributed by atoms with Crippen LogP contribution < -0.4 is 0 Å². The molecule has 0 saturated carbocycles. The molecular weight excluding hydrogens is 347 g/mol. The number of aryl methyl sites for hydroxylation is 1. The lowest BCUT2D eigenvalue weighted by Gasteiger charge is -2.38. The molecule has 1 aromatic carbocycles. The summed E-state index contributed by atoms with van der Waals surface area (Å²) in [6.45, 7) is 4.76. The number of piperazine rings is 1. The van der Waals surface area contributed by atoms with Gasteiger partial charge in [0.15, 0.2) is 0 Å². The lowest BCUT2D eigenvalue weighted by Crippen LogP contribution is -2.52. The van der Waals surface area contributed by atoms with E-state index in [2.05, 4.69) is 14.8 Å². The van der Waals surface area contributed by atoms with E-state index in [9.17, 15) is 18.3 Å². The fraction of sp³-hybridized carbons (Fsp3) is 0.500. The lowest BCUT2D eigenvalue weighted by molar-refractivity contribution is -0.137. The van der Waals surface area contributed by atoms with E-state index in [1.807, 2.05) is 7.05 Å². The maximum atomic E-state index is 12.9. The van der Waals surface area contributed by atoms with E-state index in [-0.39, 0.29) is 18.5 Å². The molecule has 1 aromatic heterocycles. The van der Waals surface area contributed by atoms with Gasteiger partial charge in [0.25, 0.3) is 0 Å². The average molecular weight is 369 g/mol. The van der Waals surface area contributed by atoms with Crippen molar-refractivity contribution in [1.82, 2.24) is 14.8 Å². The molecule has 0 amide bonds. The average Bonchev–Trinajstić information content (AvgIpc) is 2.97. The quantitative estimate of drug-likeness (QED) is 0.898. The van der Waals surface area contributed by atoms with Crippen LogP contribution in [-0.4, -0.2) is 59.2 Å². The van der Waals surface area contributed by atoms with Crippen molar-refractivity contribution in [2.45, 2.75) is 25.7 Å². The lowest BCUT2D eigenvalue weighted by atomic mass is 10.1. The number of aliphatic hydroxyl groups excluding tert-OH is 1. The molecule has 1 saturated heterocycles. The van der Waals surface area contributed by atoms with E-state index in [4.69, 9.17) is 4.42 Å². The van der Waals surface area contributed by atoms with Crippen molar-refractivity contribution < 1.29 is 22.7 Å². The van der Waals surface area contributed by atoms with Crippen LogP contribution in [-0.2, 0) is 12.7 Å². The molecule has 5 nitrogen and oxygen atoms in total. The second-order valence-corrected chi connectivity index (χ2v) is 6.65. The van der Waals surface area contributed by atoms with E-state index < -0.39 is 11.7 Å². The van der Waals surface area contributed by atoms with Gasteiger partial charge in [-0.3, -0.25) is 9.80 Å². The number of likely N-dealkylation sites (N-methyl/N-ethyl adjacent to an activating group) is 1. The van der Waals surface area contributed by atoms with E-state index >= 15 is 0 Å². The number of halogens is 3. The number of oxazole rings is 1. The van der Waals surface area contributed by atoms with Crippen molar-refractivity contribution in [3.63, 3.8) is 0 Å². The van der Waals surface area contributed by atoms with Gasteiger partial charge in [-0.15, -0.1) is 0 Å². The van der Waals surface area contributed by atoms with E-state index in [1.165, 1.54) is 6.07 Å². The molecule has 8 heteroatoms. The maximum Gasteiger partial charge on any atom is 0.416 e. The highest BCUT2D eigenvalue weighted by Gasteiger charge is 2.31. The van der Waals surface area contributed by atoms with Crippen molar-refractivity contribution in [1.29, 1.82) is 0 Å². The summed E-state index contributed by atoms with van der Waals surface area (Å²) in [4.78, 5) is 8.70. The molecule has 0 radical (unpaired) electrons. The molecule has 1 fully saturated rings. The first-order valence-electron chi connectivity index (χ1n) is 8.45. The van der Waals surface area contributed by atoms with Crippen LogP contribution >= 0.6 is 0 Å². The van der Waals surface area contributed by atoms with Gasteiger partial charge in [0.2, 0.25) is 5.89 Å². The minimum Gasteiger partial charge on any atom is -0.441 e. The fourth-order valence-electron chi connectivity index (χ4n) is 3.09. The number of benzene rings is 1. The Bertz CT molecular complexity index is 760. The SMILES string of the molecule is Cc1oc(-c2cccc(C(F)(F)F)c2)nc1CN1CCN(C)[C@H](CO)C1. The molecule has 1 aliphatic heterocycles. The molecule has 26 heavy (non-hydrogen) atoms. The van der Waals surface area contributed by atoms with Gasteiger partial charge in [-0.1, -0.05) is 6.07 Å². The zero-order valence-electron chi connectivity index (χ0n) is 14.8. The molecule has 142 valence electrons. The van der Waals surface area contributed by atoms with Crippen LogP contribution in [0.4, 0.5) is 13.2 Å². The van der Waals surface area contributed by atoms with E-state index in [1.54, 1.807) is 13.0 Å². The van der Waals surface area contributed by atoms with Crippen LogP contribution in [0.1, 0.15) is 17.0 Å². The number of aromatic nitrogens is 1. The molecule has 0 aliphatic carbocycles. The minimum atomic E-state index is -4.40. The van der Waals surface area contributed by atoms with Crippen LogP contribution in [0.15, 0.2) is 28.7 Å². The molecule has 1 aliphatic rings. The Hall–Kier alpha value is -1.90. The predicted molar refractivity (Wildman–Crippen MR) is 90.5 cm³/mol. The number of hydrogen-bond acceptors (Lipinski definition) is 5. The maximum absolute atomic E-state index is 12.9. The second-order valence-electron chi connectivity index (χ2n) is 6.65. The Morgan fingerprint density at radius 2 is 2.08 bits per heavy atom. The highest BCUT2D eigenvalue weighted by atomic mass is 19.4. The summed E-state index contributed by atoms with van der Waals surface area (Å²) in [5.74, 6) is 0.785. The third-order valence-electron chi connectivity index (χ3n) is 4.77. The smallest absolute Gasteiger partial charge is 0.416 e. The van der Waals surface area contributed by atoms with Gasteiger partial charge in [0.05, 0.1) is 17.9 Å². The number of hydrogen-bond donors (Lipinski definition) is 1. The van der Waals surface area contributed by atoms with Crippen molar-refractivity contribution in [3.8, 4) is 11.5 Å². The monoisotopic (exact) mass is 369 g/mol. The molecular formula is C18H22F3N3O2. The molecule has 0 spiro atoms. The van der Waals surface area contributed by atoms with Crippen molar-refractivity contribution in [3.05, 3.63) is 41.3 Å².